The Kier molecular flexibility index (Phi) is 8.94. The minimum Gasteiger partial charge on any atom is -0.497 e. The van der Waals surface area contributed by atoms with E-state index in [0.717, 1.165) is 48.5 Å². The molecule has 7 nitrogen and oxygen atoms in total. The summed E-state index contributed by atoms with van der Waals surface area (Å²) in [6.45, 7) is 2.99. The number of nitrogens with zero attached hydrogens (tertiary/aromatic N) is 3. The molecule has 0 aromatic heterocycles. The van der Waals surface area contributed by atoms with Gasteiger partial charge < -0.3 is 25.0 Å². The smallest absolute Gasteiger partial charge is 0.321 e. The number of anilines is 1. The van der Waals surface area contributed by atoms with Crippen molar-refractivity contribution in [1.82, 2.24) is 14.7 Å². The van der Waals surface area contributed by atoms with Gasteiger partial charge in [-0.2, -0.15) is 0 Å². The number of ether oxygens (including phenoxy) is 1. The van der Waals surface area contributed by atoms with E-state index in [-0.39, 0.29) is 24.6 Å². The third kappa shape index (κ3) is 6.25. The van der Waals surface area contributed by atoms with E-state index in [1.807, 2.05) is 59.5 Å². The molecule has 3 aromatic rings. The van der Waals surface area contributed by atoms with Gasteiger partial charge in [-0.05, 0) is 87.6 Å². The van der Waals surface area contributed by atoms with E-state index in [0.29, 0.717) is 13.1 Å². The first-order valence-electron chi connectivity index (χ1n) is 14.3. The Morgan fingerprint density at radius 3 is 2.27 bits per heavy atom. The third-order valence-corrected chi connectivity index (χ3v) is 8.31. The average molecular weight is 553 g/mol. The van der Waals surface area contributed by atoms with Crippen LogP contribution in [-0.4, -0.2) is 91.4 Å². The van der Waals surface area contributed by atoms with Crippen LogP contribution in [0.1, 0.15) is 35.4 Å². The number of carbonyl (C=O) groups excluding carboxylic acids is 1. The Labute approximate surface area is 243 Å². The normalized spacial score (nSPS) is 22.4. The fourth-order valence-electron chi connectivity index (χ4n) is 6.47. The van der Waals surface area contributed by atoms with Crippen LogP contribution in [0.5, 0.6) is 5.75 Å². The molecule has 2 aliphatic heterocycles. The number of methoxy groups -OCH3 is 1. The van der Waals surface area contributed by atoms with Gasteiger partial charge in [0.15, 0.2) is 0 Å². The molecule has 2 fully saturated rings. The van der Waals surface area contributed by atoms with E-state index in [9.17, 15) is 9.90 Å². The summed E-state index contributed by atoms with van der Waals surface area (Å²) in [5.74, 6) is 7.32. The lowest BCUT2D eigenvalue weighted by atomic mass is 9.64. The van der Waals surface area contributed by atoms with Crippen molar-refractivity contribution in [3.05, 3.63) is 95.6 Å². The summed E-state index contributed by atoms with van der Waals surface area (Å²) in [6, 6.07) is 25.8. The average Bonchev–Trinajstić information content (AvgIpc) is 2.98. The van der Waals surface area contributed by atoms with Crippen LogP contribution in [-0.2, 0) is 0 Å². The summed E-state index contributed by atoms with van der Waals surface area (Å²) in [6.07, 6.45) is 1.89. The molecule has 2 saturated heterocycles. The van der Waals surface area contributed by atoms with Crippen LogP contribution >= 0.6 is 0 Å². The van der Waals surface area contributed by atoms with Gasteiger partial charge in [0.05, 0.1) is 19.3 Å². The Morgan fingerprint density at radius 1 is 0.976 bits per heavy atom. The van der Waals surface area contributed by atoms with Crippen LogP contribution in [0.15, 0.2) is 78.9 Å². The maximum Gasteiger partial charge on any atom is 0.321 e. The Hall–Kier alpha value is -3.83. The summed E-state index contributed by atoms with van der Waals surface area (Å²) in [4.78, 5) is 20.0. The molecule has 0 radical (unpaired) electrons. The number of aliphatic hydroxyl groups is 1. The first-order chi connectivity index (χ1) is 19.9. The van der Waals surface area contributed by atoms with E-state index in [1.165, 1.54) is 5.56 Å². The van der Waals surface area contributed by atoms with Crippen LogP contribution in [0.25, 0.3) is 0 Å². The fourth-order valence-corrected chi connectivity index (χ4v) is 6.47. The molecule has 2 N–H and O–H groups in total. The van der Waals surface area contributed by atoms with E-state index < -0.39 is 5.54 Å². The van der Waals surface area contributed by atoms with Crippen molar-refractivity contribution < 1.29 is 14.6 Å². The number of nitrogens with one attached hydrogen (secondary N) is 1. The molecule has 2 aliphatic rings. The molecule has 41 heavy (non-hydrogen) atoms. The van der Waals surface area contributed by atoms with Gasteiger partial charge in [-0.25, -0.2) is 4.79 Å². The number of hydrogen-bond donors (Lipinski definition) is 2. The molecule has 0 bridgehead atoms. The first-order valence-corrected chi connectivity index (χ1v) is 14.3. The standard InChI is InChI=1S/C34H40N4O3/c1-36(2)24-34(25-39)32(28-15-13-27(14-16-28)12-11-26-9-5-4-6-10-26)31-23-37(21-7-8-22-38(31)34)33(40)35-29-17-19-30(41-3)20-18-29/h4-6,9-10,13-20,31-32,39H,7-8,21-25H2,1-3H3,(H,35,40)/t31-,32+,34-/m0/s1. The second-order valence-corrected chi connectivity index (χ2v) is 11.3. The first kappa shape index (κ1) is 28.7. The van der Waals surface area contributed by atoms with Crippen LogP contribution in [0.3, 0.4) is 0 Å². The lowest BCUT2D eigenvalue weighted by molar-refractivity contribution is -0.144. The van der Waals surface area contributed by atoms with Gasteiger partial charge in [-0.1, -0.05) is 42.2 Å². The van der Waals surface area contributed by atoms with Gasteiger partial charge >= 0.3 is 6.03 Å². The summed E-state index contributed by atoms with van der Waals surface area (Å²) >= 11 is 0. The molecule has 214 valence electrons. The van der Waals surface area contributed by atoms with Crippen LogP contribution in [0.4, 0.5) is 10.5 Å². The monoisotopic (exact) mass is 552 g/mol. The molecule has 0 saturated carbocycles. The van der Waals surface area contributed by atoms with Crippen LogP contribution < -0.4 is 10.1 Å². The van der Waals surface area contributed by atoms with E-state index in [4.69, 9.17) is 4.74 Å². The van der Waals surface area contributed by atoms with Crippen molar-refractivity contribution in [2.24, 2.45) is 0 Å². The highest BCUT2D eigenvalue weighted by molar-refractivity contribution is 5.89. The summed E-state index contributed by atoms with van der Waals surface area (Å²) < 4.78 is 5.25. The van der Waals surface area contributed by atoms with E-state index in [2.05, 4.69) is 65.3 Å². The Balaban J connectivity index is 1.40. The molecule has 7 heteroatoms. The molecular weight excluding hydrogens is 512 g/mol. The Morgan fingerprint density at radius 2 is 1.63 bits per heavy atom. The maximum atomic E-state index is 13.4. The van der Waals surface area contributed by atoms with Gasteiger partial charge in [-0.15, -0.1) is 0 Å². The number of amides is 2. The van der Waals surface area contributed by atoms with Crippen molar-refractivity contribution in [2.45, 2.75) is 30.3 Å². The quantitative estimate of drug-likeness (QED) is 0.442. The number of hydrogen-bond acceptors (Lipinski definition) is 5. The number of benzene rings is 3. The number of urea groups is 1. The SMILES string of the molecule is COc1ccc(NC(=O)N2CCCCN3[C@@H](C2)[C@@H](c2ccc(C#Cc4ccccc4)cc2)[C@@]3(CO)CN(C)C)cc1. The molecular formula is C34H40N4O3. The van der Waals surface area contributed by atoms with E-state index >= 15 is 0 Å². The van der Waals surface area contributed by atoms with Crippen molar-refractivity contribution in [3.8, 4) is 17.6 Å². The van der Waals surface area contributed by atoms with Crippen molar-refractivity contribution in [2.75, 3.05) is 59.3 Å². The summed E-state index contributed by atoms with van der Waals surface area (Å²) in [7, 11) is 5.74. The van der Waals surface area contributed by atoms with Gasteiger partial charge in [0.25, 0.3) is 0 Å². The zero-order valence-corrected chi connectivity index (χ0v) is 24.2. The topological polar surface area (TPSA) is 68.3 Å². The van der Waals surface area contributed by atoms with Gasteiger partial charge in [0.1, 0.15) is 5.75 Å². The van der Waals surface area contributed by atoms with Crippen LogP contribution in [0.2, 0.25) is 0 Å². The second kappa shape index (κ2) is 12.8. The molecule has 0 aliphatic carbocycles. The number of likely N-dealkylation sites (N-methyl/N-ethyl adjacent to an activating group) is 1. The van der Waals surface area contributed by atoms with Crippen molar-refractivity contribution >= 4 is 11.7 Å². The summed E-state index contributed by atoms with van der Waals surface area (Å²) in [5.41, 5.74) is 3.43. The number of carbonyl (C=O) groups is 1. The predicted octanol–water partition coefficient (Wildman–Crippen LogP) is 4.48. The maximum absolute atomic E-state index is 13.4. The molecule has 0 unspecified atom stereocenters. The minimum atomic E-state index is -0.416. The predicted molar refractivity (Wildman–Crippen MR) is 163 cm³/mol. The van der Waals surface area contributed by atoms with Gasteiger partial charge in [0.2, 0.25) is 0 Å². The van der Waals surface area contributed by atoms with Gasteiger partial charge in [-0.3, -0.25) is 4.90 Å². The highest BCUT2D eigenvalue weighted by atomic mass is 16.5. The Bertz CT molecular complexity index is 1370. The van der Waals surface area contributed by atoms with Crippen molar-refractivity contribution in [3.63, 3.8) is 0 Å². The summed E-state index contributed by atoms with van der Waals surface area (Å²) in [5, 5.41) is 14.0. The lowest BCUT2D eigenvalue weighted by Gasteiger charge is -2.65. The van der Waals surface area contributed by atoms with E-state index in [1.54, 1.807) is 7.11 Å². The van der Waals surface area contributed by atoms with Gasteiger partial charge in [0, 0.05) is 48.4 Å². The van der Waals surface area contributed by atoms with Crippen molar-refractivity contribution in [1.29, 1.82) is 0 Å². The molecule has 3 aromatic carbocycles. The lowest BCUT2D eigenvalue weighted by Crippen LogP contribution is -2.78. The number of fused-ring (bicyclic) bond motifs is 1. The molecule has 3 atom stereocenters. The third-order valence-electron chi connectivity index (χ3n) is 8.31. The molecule has 0 spiro atoms. The second-order valence-electron chi connectivity index (χ2n) is 11.3. The fraction of sp³-hybridized carbons (Fsp3) is 0.382. The number of rotatable bonds is 6. The highest BCUT2D eigenvalue weighted by Crippen LogP contribution is 2.50. The minimum absolute atomic E-state index is 0.0555. The highest BCUT2D eigenvalue weighted by Gasteiger charge is 2.60. The molecule has 2 heterocycles. The zero-order valence-electron chi connectivity index (χ0n) is 24.2. The molecule has 5 rings (SSSR count). The number of aliphatic hydroxyl groups excluding tert-OH is 1. The van der Waals surface area contributed by atoms with Crippen LogP contribution in [0, 0.1) is 11.8 Å². The largest absolute Gasteiger partial charge is 0.497 e. The zero-order chi connectivity index (χ0) is 28.8. The molecule has 2 amide bonds.